The SMILES string of the molecule is CCCCCCOc1ccc(/C=C2\SC(=S)N(C3CCCCC3)C2=O)cc1OC. The van der Waals surface area contributed by atoms with Crippen molar-refractivity contribution >= 4 is 40.3 Å². The quantitative estimate of drug-likeness (QED) is 0.264. The molecule has 0 spiro atoms. The highest BCUT2D eigenvalue weighted by Crippen LogP contribution is 2.38. The average molecular weight is 434 g/mol. The van der Waals surface area contributed by atoms with E-state index >= 15 is 0 Å². The van der Waals surface area contributed by atoms with Crippen LogP contribution in [0.25, 0.3) is 6.08 Å². The van der Waals surface area contributed by atoms with Crippen LogP contribution in [0.3, 0.4) is 0 Å². The molecule has 1 aliphatic heterocycles. The Morgan fingerprint density at radius 3 is 2.69 bits per heavy atom. The van der Waals surface area contributed by atoms with Crippen molar-refractivity contribution < 1.29 is 14.3 Å². The lowest BCUT2D eigenvalue weighted by Gasteiger charge is -2.29. The minimum atomic E-state index is 0.0436. The Morgan fingerprint density at radius 2 is 1.97 bits per heavy atom. The van der Waals surface area contributed by atoms with Gasteiger partial charge in [-0.15, -0.1) is 0 Å². The van der Waals surface area contributed by atoms with Crippen LogP contribution < -0.4 is 9.47 Å². The molecule has 4 nitrogen and oxygen atoms in total. The molecule has 0 atom stereocenters. The van der Waals surface area contributed by atoms with Crippen LogP contribution in [0.1, 0.15) is 70.3 Å². The van der Waals surface area contributed by atoms with Crippen LogP contribution in [0, 0.1) is 0 Å². The van der Waals surface area contributed by atoms with E-state index in [1.165, 1.54) is 50.3 Å². The molecular weight excluding hydrogens is 402 g/mol. The van der Waals surface area contributed by atoms with E-state index < -0.39 is 0 Å². The molecule has 1 amide bonds. The Labute approximate surface area is 184 Å². The minimum absolute atomic E-state index is 0.0436. The summed E-state index contributed by atoms with van der Waals surface area (Å²) >= 11 is 6.93. The van der Waals surface area contributed by atoms with Gasteiger partial charge in [0.25, 0.3) is 5.91 Å². The normalized spacial score (nSPS) is 19.2. The summed E-state index contributed by atoms with van der Waals surface area (Å²) in [4.78, 5) is 15.5. The summed E-state index contributed by atoms with van der Waals surface area (Å²) in [7, 11) is 1.64. The van der Waals surface area contributed by atoms with Gasteiger partial charge in [0.1, 0.15) is 4.32 Å². The molecule has 2 fully saturated rings. The number of nitrogens with zero attached hydrogens (tertiary/aromatic N) is 1. The van der Waals surface area contributed by atoms with E-state index in [1.54, 1.807) is 7.11 Å². The average Bonchev–Trinajstić information content (AvgIpc) is 3.02. The second-order valence-electron chi connectivity index (χ2n) is 7.66. The fourth-order valence-corrected chi connectivity index (χ4v) is 5.29. The predicted molar refractivity (Wildman–Crippen MR) is 125 cm³/mol. The van der Waals surface area contributed by atoms with Gasteiger partial charge in [0.05, 0.1) is 18.6 Å². The summed E-state index contributed by atoms with van der Waals surface area (Å²) in [6, 6.07) is 6.08. The second kappa shape index (κ2) is 11.0. The van der Waals surface area contributed by atoms with Gasteiger partial charge in [-0.3, -0.25) is 9.69 Å². The summed E-state index contributed by atoms with van der Waals surface area (Å²) in [6.45, 7) is 2.89. The van der Waals surface area contributed by atoms with Crippen molar-refractivity contribution in [3.05, 3.63) is 28.7 Å². The van der Waals surface area contributed by atoms with E-state index in [2.05, 4.69) is 6.92 Å². The number of ether oxygens (including phenoxy) is 2. The molecule has 0 bridgehead atoms. The van der Waals surface area contributed by atoms with Gasteiger partial charge >= 0.3 is 0 Å². The Balaban J connectivity index is 1.67. The zero-order valence-electron chi connectivity index (χ0n) is 17.4. The van der Waals surface area contributed by atoms with Crippen LogP contribution in [0.2, 0.25) is 0 Å². The monoisotopic (exact) mass is 433 g/mol. The summed E-state index contributed by atoms with van der Waals surface area (Å²) in [5.74, 6) is 1.48. The maximum atomic E-state index is 13.0. The van der Waals surface area contributed by atoms with Gasteiger partial charge < -0.3 is 9.47 Å². The number of carbonyl (C=O) groups excluding carboxylic acids is 1. The van der Waals surface area contributed by atoms with Gasteiger partial charge in [-0.05, 0) is 43.0 Å². The van der Waals surface area contributed by atoms with Crippen molar-refractivity contribution in [2.75, 3.05) is 13.7 Å². The van der Waals surface area contributed by atoms with E-state index in [1.807, 2.05) is 29.2 Å². The van der Waals surface area contributed by atoms with Crippen LogP contribution >= 0.6 is 24.0 Å². The van der Waals surface area contributed by atoms with E-state index in [0.29, 0.717) is 21.6 Å². The topological polar surface area (TPSA) is 38.8 Å². The first-order valence-electron chi connectivity index (χ1n) is 10.7. The molecule has 1 saturated heterocycles. The third kappa shape index (κ3) is 5.76. The number of unbranched alkanes of at least 4 members (excludes halogenated alkanes) is 3. The first kappa shape index (κ1) is 22.2. The van der Waals surface area contributed by atoms with Crippen LogP contribution in [-0.4, -0.2) is 34.9 Å². The fourth-order valence-electron chi connectivity index (χ4n) is 3.89. The van der Waals surface area contributed by atoms with Crippen LogP contribution in [0.15, 0.2) is 23.1 Å². The zero-order valence-corrected chi connectivity index (χ0v) is 19.1. The van der Waals surface area contributed by atoms with Gasteiger partial charge in [-0.1, -0.05) is 75.5 Å². The number of hydrogen-bond acceptors (Lipinski definition) is 5. The predicted octanol–water partition coefficient (Wildman–Crippen LogP) is 6.19. The maximum Gasteiger partial charge on any atom is 0.266 e. The van der Waals surface area contributed by atoms with E-state index in [-0.39, 0.29) is 11.9 Å². The molecule has 1 saturated carbocycles. The number of rotatable bonds is 9. The lowest BCUT2D eigenvalue weighted by atomic mass is 9.94. The lowest BCUT2D eigenvalue weighted by molar-refractivity contribution is -0.124. The smallest absolute Gasteiger partial charge is 0.266 e. The molecule has 158 valence electrons. The molecule has 3 rings (SSSR count). The van der Waals surface area contributed by atoms with Gasteiger partial charge in [-0.25, -0.2) is 0 Å². The highest BCUT2D eigenvalue weighted by Gasteiger charge is 2.37. The van der Waals surface area contributed by atoms with Crippen molar-refractivity contribution in [3.8, 4) is 11.5 Å². The first-order valence-corrected chi connectivity index (χ1v) is 11.9. The van der Waals surface area contributed by atoms with E-state index in [0.717, 1.165) is 30.6 Å². The molecule has 1 aromatic carbocycles. The molecule has 1 aliphatic carbocycles. The van der Waals surface area contributed by atoms with Crippen molar-refractivity contribution in [1.29, 1.82) is 0 Å². The van der Waals surface area contributed by atoms with Gasteiger partial charge in [0.2, 0.25) is 0 Å². The summed E-state index contributed by atoms with van der Waals surface area (Å²) in [6.07, 6.45) is 12.3. The Bertz CT molecular complexity index is 756. The van der Waals surface area contributed by atoms with E-state index in [9.17, 15) is 4.79 Å². The summed E-state index contributed by atoms with van der Waals surface area (Å²) < 4.78 is 12.1. The number of thioether (sulfide) groups is 1. The lowest BCUT2D eigenvalue weighted by Crippen LogP contribution is -2.39. The number of hydrogen-bond donors (Lipinski definition) is 0. The molecule has 6 heteroatoms. The van der Waals surface area contributed by atoms with E-state index in [4.69, 9.17) is 21.7 Å². The third-order valence-electron chi connectivity index (χ3n) is 5.50. The minimum Gasteiger partial charge on any atom is -0.493 e. The molecule has 0 radical (unpaired) electrons. The number of benzene rings is 1. The molecule has 0 unspecified atom stereocenters. The maximum absolute atomic E-state index is 13.0. The Hall–Kier alpha value is -1.53. The molecule has 29 heavy (non-hydrogen) atoms. The zero-order chi connectivity index (χ0) is 20.6. The second-order valence-corrected chi connectivity index (χ2v) is 9.34. The Kier molecular flexibility index (Phi) is 8.42. The van der Waals surface area contributed by atoms with Crippen molar-refractivity contribution in [1.82, 2.24) is 4.90 Å². The summed E-state index contributed by atoms with van der Waals surface area (Å²) in [5.41, 5.74) is 0.921. The Morgan fingerprint density at radius 1 is 1.17 bits per heavy atom. The van der Waals surface area contributed by atoms with Gasteiger partial charge in [0, 0.05) is 6.04 Å². The summed E-state index contributed by atoms with van der Waals surface area (Å²) in [5, 5.41) is 0. The number of amides is 1. The van der Waals surface area contributed by atoms with Crippen molar-refractivity contribution in [2.24, 2.45) is 0 Å². The highest BCUT2D eigenvalue weighted by molar-refractivity contribution is 8.26. The first-order chi connectivity index (χ1) is 14.1. The number of carbonyl (C=O) groups is 1. The number of methoxy groups -OCH3 is 1. The van der Waals surface area contributed by atoms with Crippen molar-refractivity contribution in [2.45, 2.75) is 70.8 Å². The molecule has 0 N–H and O–H groups in total. The van der Waals surface area contributed by atoms with Crippen LogP contribution in [0.5, 0.6) is 11.5 Å². The standard InChI is InChI=1S/C23H31NO3S2/c1-3-4-5-9-14-27-19-13-12-17(15-20(19)26-2)16-21-22(25)24(23(28)29-21)18-10-7-6-8-11-18/h12-13,15-16,18H,3-11,14H2,1-2H3/b21-16-. The van der Waals surface area contributed by atoms with Gasteiger partial charge in [-0.2, -0.15) is 0 Å². The molecule has 1 aromatic rings. The molecule has 1 heterocycles. The molecule has 0 aromatic heterocycles. The highest BCUT2D eigenvalue weighted by atomic mass is 32.2. The van der Waals surface area contributed by atoms with Crippen LogP contribution in [0.4, 0.5) is 0 Å². The molecule has 2 aliphatic rings. The number of thiocarbonyl (C=S) groups is 1. The van der Waals surface area contributed by atoms with Crippen molar-refractivity contribution in [3.63, 3.8) is 0 Å². The third-order valence-corrected chi connectivity index (χ3v) is 6.83. The fraction of sp³-hybridized carbons (Fsp3) is 0.565. The molecular formula is C23H31NO3S2. The van der Waals surface area contributed by atoms with Crippen LogP contribution in [-0.2, 0) is 4.79 Å². The van der Waals surface area contributed by atoms with Gasteiger partial charge in [0.15, 0.2) is 11.5 Å². The largest absolute Gasteiger partial charge is 0.493 e.